The van der Waals surface area contributed by atoms with E-state index in [0.717, 1.165) is 13.0 Å². The second-order valence-corrected chi connectivity index (χ2v) is 5.69. The Morgan fingerprint density at radius 2 is 1.78 bits per heavy atom. The van der Waals surface area contributed by atoms with Gasteiger partial charge in [-0.25, -0.2) is 0 Å². The van der Waals surface area contributed by atoms with Gasteiger partial charge in [0.1, 0.15) is 0 Å². The quantitative estimate of drug-likeness (QED) is 0.790. The summed E-state index contributed by atoms with van der Waals surface area (Å²) in [4.78, 5) is 0. The van der Waals surface area contributed by atoms with Gasteiger partial charge in [0.15, 0.2) is 0 Å². The molecule has 0 aliphatic carbocycles. The zero-order valence-electron chi connectivity index (χ0n) is 12.4. The molecule has 0 amide bonds. The van der Waals surface area contributed by atoms with Crippen LogP contribution in [0.4, 0.5) is 0 Å². The van der Waals surface area contributed by atoms with Crippen molar-refractivity contribution in [2.45, 2.75) is 58.8 Å². The normalized spacial score (nSPS) is 13.9. The van der Waals surface area contributed by atoms with Crippen molar-refractivity contribution < 1.29 is 4.74 Å². The highest BCUT2D eigenvalue weighted by Gasteiger charge is 2.23. The van der Waals surface area contributed by atoms with Gasteiger partial charge >= 0.3 is 0 Å². The maximum atomic E-state index is 6.26. The molecular formula is C16H27NO. The van der Waals surface area contributed by atoms with E-state index in [1.807, 2.05) is 6.07 Å². The molecule has 1 rings (SSSR count). The zero-order valence-corrected chi connectivity index (χ0v) is 12.4. The van der Waals surface area contributed by atoms with Crippen LogP contribution in [-0.2, 0) is 4.74 Å². The fourth-order valence-electron chi connectivity index (χ4n) is 1.71. The summed E-state index contributed by atoms with van der Waals surface area (Å²) in [6, 6.07) is 10.9. The number of hydrogen-bond donors (Lipinski definition) is 1. The summed E-state index contributed by atoms with van der Waals surface area (Å²) in [5.74, 6) is 0. The van der Waals surface area contributed by atoms with E-state index in [0.29, 0.717) is 6.04 Å². The van der Waals surface area contributed by atoms with Crippen LogP contribution in [0.3, 0.4) is 0 Å². The summed E-state index contributed by atoms with van der Waals surface area (Å²) >= 11 is 0. The third-order valence-electron chi connectivity index (χ3n) is 3.20. The Morgan fingerprint density at radius 3 is 2.28 bits per heavy atom. The van der Waals surface area contributed by atoms with Crippen molar-refractivity contribution in [2.75, 3.05) is 6.54 Å². The second-order valence-electron chi connectivity index (χ2n) is 5.69. The highest BCUT2D eigenvalue weighted by molar-refractivity contribution is 5.18. The van der Waals surface area contributed by atoms with Gasteiger partial charge in [0.2, 0.25) is 0 Å². The minimum absolute atomic E-state index is 0.0842. The Hall–Kier alpha value is -0.860. The van der Waals surface area contributed by atoms with E-state index in [1.165, 1.54) is 5.56 Å². The highest BCUT2D eigenvalue weighted by atomic mass is 16.5. The largest absolute Gasteiger partial charge is 0.366 e. The van der Waals surface area contributed by atoms with Crippen molar-refractivity contribution in [1.29, 1.82) is 0 Å². The van der Waals surface area contributed by atoms with Crippen molar-refractivity contribution >= 4 is 0 Å². The van der Waals surface area contributed by atoms with Crippen LogP contribution in [0.2, 0.25) is 0 Å². The molecule has 1 aromatic rings. The first kappa shape index (κ1) is 15.2. The van der Waals surface area contributed by atoms with Gasteiger partial charge in [-0.2, -0.15) is 0 Å². The monoisotopic (exact) mass is 249 g/mol. The van der Waals surface area contributed by atoms with Crippen molar-refractivity contribution in [3.63, 3.8) is 0 Å². The molecule has 0 aliphatic heterocycles. The van der Waals surface area contributed by atoms with E-state index in [9.17, 15) is 0 Å². The highest BCUT2D eigenvalue weighted by Crippen LogP contribution is 2.25. The van der Waals surface area contributed by atoms with Gasteiger partial charge in [0, 0.05) is 12.6 Å². The molecule has 2 nitrogen and oxygen atoms in total. The van der Waals surface area contributed by atoms with Crippen molar-refractivity contribution in [3.05, 3.63) is 35.9 Å². The molecule has 1 atom stereocenters. The lowest BCUT2D eigenvalue weighted by atomic mass is 10.0. The van der Waals surface area contributed by atoms with Crippen LogP contribution in [0.5, 0.6) is 0 Å². The molecule has 102 valence electrons. The molecule has 0 fully saturated rings. The molecule has 2 heteroatoms. The van der Waals surface area contributed by atoms with Gasteiger partial charge in [-0.3, -0.25) is 0 Å². The molecule has 0 aromatic heterocycles. The lowest BCUT2D eigenvalue weighted by Crippen LogP contribution is -2.34. The number of rotatable bonds is 7. The number of ether oxygens (including phenoxy) is 1. The molecule has 1 N–H and O–H groups in total. The van der Waals surface area contributed by atoms with Crippen LogP contribution in [0.25, 0.3) is 0 Å². The first-order valence-corrected chi connectivity index (χ1v) is 6.91. The Bertz CT molecular complexity index is 332. The van der Waals surface area contributed by atoms with Gasteiger partial charge in [-0.15, -0.1) is 0 Å². The van der Waals surface area contributed by atoms with Crippen LogP contribution in [0, 0.1) is 0 Å². The molecule has 0 radical (unpaired) electrons. The minimum atomic E-state index is -0.0842. The molecule has 1 aromatic carbocycles. The van der Waals surface area contributed by atoms with E-state index in [4.69, 9.17) is 4.74 Å². The standard InChI is InChI=1S/C16H27NO/c1-6-16(4,5)18-15(12-17-13(2)3)14-10-8-7-9-11-14/h7-11,13,15,17H,6,12H2,1-5H3. The third-order valence-corrected chi connectivity index (χ3v) is 3.20. The maximum Gasteiger partial charge on any atom is 0.0956 e. The predicted molar refractivity (Wildman–Crippen MR) is 77.8 cm³/mol. The first-order chi connectivity index (χ1) is 8.44. The van der Waals surface area contributed by atoms with Crippen molar-refractivity contribution in [1.82, 2.24) is 5.32 Å². The van der Waals surface area contributed by atoms with E-state index in [2.05, 4.69) is 64.2 Å². The van der Waals surface area contributed by atoms with Crippen LogP contribution in [0.15, 0.2) is 30.3 Å². The minimum Gasteiger partial charge on any atom is -0.366 e. The van der Waals surface area contributed by atoms with E-state index in [1.54, 1.807) is 0 Å². The molecule has 0 saturated heterocycles. The topological polar surface area (TPSA) is 21.3 Å². The van der Waals surface area contributed by atoms with Crippen LogP contribution >= 0.6 is 0 Å². The van der Waals surface area contributed by atoms with Crippen LogP contribution in [0.1, 0.15) is 52.7 Å². The van der Waals surface area contributed by atoms with Crippen LogP contribution < -0.4 is 5.32 Å². The van der Waals surface area contributed by atoms with E-state index in [-0.39, 0.29) is 11.7 Å². The number of benzene rings is 1. The summed E-state index contributed by atoms with van der Waals surface area (Å²) in [7, 11) is 0. The summed E-state index contributed by atoms with van der Waals surface area (Å²) in [6.07, 6.45) is 1.13. The summed E-state index contributed by atoms with van der Waals surface area (Å²) < 4.78 is 6.26. The van der Waals surface area contributed by atoms with Crippen molar-refractivity contribution in [3.8, 4) is 0 Å². The van der Waals surface area contributed by atoms with Crippen LogP contribution in [-0.4, -0.2) is 18.2 Å². The smallest absolute Gasteiger partial charge is 0.0956 e. The lowest BCUT2D eigenvalue weighted by Gasteiger charge is -2.31. The second kappa shape index (κ2) is 6.91. The Labute approximate surface area is 112 Å². The predicted octanol–water partition coefficient (Wildman–Crippen LogP) is 3.93. The first-order valence-electron chi connectivity index (χ1n) is 6.91. The SMILES string of the molecule is CCC(C)(C)OC(CNC(C)C)c1ccccc1. The molecule has 0 aliphatic rings. The summed E-state index contributed by atoms with van der Waals surface area (Å²) in [5.41, 5.74) is 1.16. The summed E-state index contributed by atoms with van der Waals surface area (Å²) in [5, 5.41) is 3.47. The average molecular weight is 249 g/mol. The summed E-state index contributed by atoms with van der Waals surface area (Å²) in [6.45, 7) is 11.6. The average Bonchev–Trinajstić information content (AvgIpc) is 2.35. The number of nitrogens with one attached hydrogen (secondary N) is 1. The lowest BCUT2D eigenvalue weighted by molar-refractivity contribution is -0.0749. The molecule has 1 unspecified atom stereocenters. The Morgan fingerprint density at radius 1 is 1.17 bits per heavy atom. The third kappa shape index (κ3) is 5.19. The van der Waals surface area contributed by atoms with Gasteiger partial charge in [-0.1, -0.05) is 51.1 Å². The Balaban J connectivity index is 2.75. The zero-order chi connectivity index (χ0) is 13.6. The fourth-order valence-corrected chi connectivity index (χ4v) is 1.71. The molecule has 0 heterocycles. The van der Waals surface area contributed by atoms with Crippen molar-refractivity contribution in [2.24, 2.45) is 0 Å². The Kier molecular flexibility index (Phi) is 5.83. The fraction of sp³-hybridized carbons (Fsp3) is 0.625. The maximum absolute atomic E-state index is 6.26. The van der Waals surface area contributed by atoms with Gasteiger partial charge in [0.05, 0.1) is 11.7 Å². The van der Waals surface area contributed by atoms with E-state index < -0.39 is 0 Å². The van der Waals surface area contributed by atoms with Gasteiger partial charge in [-0.05, 0) is 25.8 Å². The molecule has 0 spiro atoms. The molecule has 18 heavy (non-hydrogen) atoms. The van der Waals surface area contributed by atoms with Gasteiger partial charge < -0.3 is 10.1 Å². The molecular weight excluding hydrogens is 222 g/mol. The van der Waals surface area contributed by atoms with Gasteiger partial charge in [0.25, 0.3) is 0 Å². The molecule has 0 bridgehead atoms. The molecule has 0 saturated carbocycles. The number of hydrogen-bond acceptors (Lipinski definition) is 2. The van der Waals surface area contributed by atoms with E-state index >= 15 is 0 Å².